The first kappa shape index (κ1) is 18.8. The summed E-state index contributed by atoms with van der Waals surface area (Å²) >= 11 is 0. The van der Waals surface area contributed by atoms with E-state index in [1.165, 1.54) is 11.1 Å². The Morgan fingerprint density at radius 3 is 2.08 bits per heavy atom. The van der Waals surface area contributed by atoms with Crippen LogP contribution in [-0.2, 0) is 5.60 Å². The molecule has 0 spiro atoms. The van der Waals surface area contributed by atoms with Crippen molar-refractivity contribution in [2.24, 2.45) is 0 Å². The van der Waals surface area contributed by atoms with Crippen molar-refractivity contribution in [3.05, 3.63) is 70.8 Å². The minimum atomic E-state index is -0.706. The third-order valence-corrected chi connectivity index (χ3v) is 5.52. The van der Waals surface area contributed by atoms with E-state index < -0.39 is 5.60 Å². The number of likely N-dealkylation sites (tertiary alicyclic amines) is 1. The molecule has 1 fully saturated rings. The van der Waals surface area contributed by atoms with Crippen LogP contribution in [0.1, 0.15) is 52.7 Å². The fourth-order valence-electron chi connectivity index (χ4n) is 3.65. The molecule has 2 aromatic rings. The van der Waals surface area contributed by atoms with Gasteiger partial charge in [0.1, 0.15) is 0 Å². The largest absolute Gasteiger partial charge is 0.385 e. The fraction of sp³-hybridized carbons (Fsp3) is 0.435. The van der Waals surface area contributed by atoms with Gasteiger partial charge in [0.15, 0.2) is 5.78 Å². The SMILES string of the molecule is Cc1ccc(C(=O)CCCN2CCC(O)(c3ccc(C)cc3)CC2)cc1. The number of hydrogen-bond acceptors (Lipinski definition) is 3. The Morgan fingerprint density at radius 2 is 1.50 bits per heavy atom. The van der Waals surface area contributed by atoms with Crippen LogP contribution < -0.4 is 0 Å². The fourth-order valence-corrected chi connectivity index (χ4v) is 3.65. The lowest BCUT2D eigenvalue weighted by molar-refractivity contribution is -0.0260. The van der Waals surface area contributed by atoms with Crippen molar-refractivity contribution in [2.45, 2.75) is 45.1 Å². The molecule has 0 amide bonds. The summed E-state index contributed by atoms with van der Waals surface area (Å²) in [5, 5.41) is 11.0. The lowest BCUT2D eigenvalue weighted by Gasteiger charge is -2.38. The molecule has 1 heterocycles. The van der Waals surface area contributed by atoms with Gasteiger partial charge in [-0.3, -0.25) is 4.79 Å². The summed E-state index contributed by atoms with van der Waals surface area (Å²) in [4.78, 5) is 14.6. The highest BCUT2D eigenvalue weighted by atomic mass is 16.3. The maximum absolute atomic E-state index is 12.3. The number of aryl methyl sites for hydroxylation is 2. The van der Waals surface area contributed by atoms with Gasteiger partial charge in [0.2, 0.25) is 0 Å². The molecule has 1 N–H and O–H groups in total. The normalized spacial score (nSPS) is 17.2. The predicted octanol–water partition coefficient (Wildman–Crippen LogP) is 4.25. The maximum Gasteiger partial charge on any atom is 0.162 e. The predicted molar refractivity (Wildman–Crippen MR) is 105 cm³/mol. The second-order valence-corrected chi connectivity index (χ2v) is 7.63. The van der Waals surface area contributed by atoms with Crippen molar-refractivity contribution in [3.63, 3.8) is 0 Å². The Bertz CT molecular complexity index is 726. The van der Waals surface area contributed by atoms with Gasteiger partial charge < -0.3 is 10.0 Å². The van der Waals surface area contributed by atoms with E-state index >= 15 is 0 Å². The molecule has 0 atom stereocenters. The van der Waals surface area contributed by atoms with Gasteiger partial charge in [-0.1, -0.05) is 59.7 Å². The van der Waals surface area contributed by atoms with Gasteiger partial charge in [-0.25, -0.2) is 0 Å². The molecule has 3 nitrogen and oxygen atoms in total. The number of carbonyl (C=O) groups excluding carboxylic acids is 1. The lowest BCUT2D eigenvalue weighted by atomic mass is 9.84. The number of piperidine rings is 1. The molecule has 3 heteroatoms. The number of ketones is 1. The highest BCUT2D eigenvalue weighted by molar-refractivity contribution is 5.96. The third-order valence-electron chi connectivity index (χ3n) is 5.52. The summed E-state index contributed by atoms with van der Waals surface area (Å²) in [6, 6.07) is 16.0. The lowest BCUT2D eigenvalue weighted by Crippen LogP contribution is -2.42. The quantitative estimate of drug-likeness (QED) is 0.791. The van der Waals surface area contributed by atoms with Crippen molar-refractivity contribution in [3.8, 4) is 0 Å². The number of Topliss-reactive ketones (excluding diaryl/α,β-unsaturated/α-hetero) is 1. The number of benzene rings is 2. The van der Waals surface area contributed by atoms with Crippen LogP contribution in [0.4, 0.5) is 0 Å². The van der Waals surface area contributed by atoms with Crippen LogP contribution >= 0.6 is 0 Å². The van der Waals surface area contributed by atoms with Crippen LogP contribution in [-0.4, -0.2) is 35.4 Å². The van der Waals surface area contributed by atoms with E-state index in [1.807, 2.05) is 43.3 Å². The van der Waals surface area contributed by atoms with E-state index in [0.29, 0.717) is 6.42 Å². The second-order valence-electron chi connectivity index (χ2n) is 7.63. The zero-order valence-corrected chi connectivity index (χ0v) is 15.9. The molecule has 1 saturated heterocycles. The highest BCUT2D eigenvalue weighted by Crippen LogP contribution is 2.33. The van der Waals surface area contributed by atoms with Crippen LogP contribution in [0.3, 0.4) is 0 Å². The molecular weight excluding hydrogens is 322 g/mol. The van der Waals surface area contributed by atoms with Crippen LogP contribution in [0.2, 0.25) is 0 Å². The molecule has 0 radical (unpaired) electrons. The van der Waals surface area contributed by atoms with Crippen LogP contribution in [0.5, 0.6) is 0 Å². The molecule has 0 unspecified atom stereocenters. The molecule has 1 aliphatic heterocycles. The van der Waals surface area contributed by atoms with E-state index in [0.717, 1.165) is 50.0 Å². The molecule has 0 aliphatic carbocycles. The Labute approximate surface area is 156 Å². The Hall–Kier alpha value is -1.97. The van der Waals surface area contributed by atoms with E-state index in [4.69, 9.17) is 0 Å². The standard InChI is InChI=1S/C23H29NO2/c1-18-5-9-20(10-6-18)22(25)4-3-15-24-16-13-23(26,14-17-24)21-11-7-19(2)8-12-21/h5-12,26H,3-4,13-17H2,1-2H3. The smallest absolute Gasteiger partial charge is 0.162 e. The summed E-state index contributed by atoms with van der Waals surface area (Å²) in [5.41, 5.74) is 3.52. The summed E-state index contributed by atoms with van der Waals surface area (Å²) in [6.45, 7) is 6.77. The summed E-state index contributed by atoms with van der Waals surface area (Å²) in [5.74, 6) is 0.221. The topological polar surface area (TPSA) is 40.5 Å². The van der Waals surface area contributed by atoms with Gasteiger partial charge in [-0.2, -0.15) is 0 Å². The van der Waals surface area contributed by atoms with E-state index in [1.54, 1.807) is 0 Å². The van der Waals surface area contributed by atoms with Crippen molar-refractivity contribution in [1.82, 2.24) is 4.90 Å². The molecule has 138 valence electrons. The van der Waals surface area contributed by atoms with Gasteiger partial charge >= 0.3 is 0 Å². The maximum atomic E-state index is 12.3. The van der Waals surface area contributed by atoms with Crippen molar-refractivity contribution in [1.29, 1.82) is 0 Å². The molecule has 3 rings (SSSR count). The molecule has 1 aliphatic rings. The third kappa shape index (κ3) is 4.60. The van der Waals surface area contributed by atoms with Gasteiger partial charge in [-0.15, -0.1) is 0 Å². The monoisotopic (exact) mass is 351 g/mol. The van der Waals surface area contributed by atoms with E-state index in [-0.39, 0.29) is 5.78 Å². The van der Waals surface area contributed by atoms with Gasteiger partial charge in [-0.05, 0) is 45.2 Å². The first-order valence-corrected chi connectivity index (χ1v) is 9.58. The first-order valence-electron chi connectivity index (χ1n) is 9.58. The van der Waals surface area contributed by atoms with Crippen molar-refractivity contribution in [2.75, 3.05) is 19.6 Å². The number of nitrogens with zero attached hydrogens (tertiary/aromatic N) is 1. The molecular formula is C23H29NO2. The van der Waals surface area contributed by atoms with Crippen molar-refractivity contribution >= 4 is 5.78 Å². The Kier molecular flexibility index (Phi) is 5.90. The van der Waals surface area contributed by atoms with E-state index in [2.05, 4.69) is 24.0 Å². The Morgan fingerprint density at radius 1 is 0.962 bits per heavy atom. The average molecular weight is 351 g/mol. The molecule has 0 saturated carbocycles. The Balaban J connectivity index is 1.44. The zero-order valence-electron chi connectivity index (χ0n) is 15.9. The first-order chi connectivity index (χ1) is 12.5. The summed E-state index contributed by atoms with van der Waals surface area (Å²) in [7, 11) is 0. The van der Waals surface area contributed by atoms with Crippen molar-refractivity contribution < 1.29 is 9.90 Å². The van der Waals surface area contributed by atoms with Crippen LogP contribution in [0.25, 0.3) is 0 Å². The van der Waals surface area contributed by atoms with Gasteiger partial charge in [0, 0.05) is 25.1 Å². The second kappa shape index (κ2) is 8.15. The van der Waals surface area contributed by atoms with Gasteiger partial charge in [0.05, 0.1) is 5.60 Å². The van der Waals surface area contributed by atoms with Crippen LogP contribution in [0, 0.1) is 13.8 Å². The number of hydrogen-bond donors (Lipinski definition) is 1. The summed E-state index contributed by atoms with van der Waals surface area (Å²) < 4.78 is 0. The molecule has 0 bridgehead atoms. The average Bonchev–Trinajstić information content (AvgIpc) is 2.64. The minimum Gasteiger partial charge on any atom is -0.385 e. The number of rotatable bonds is 6. The molecule has 26 heavy (non-hydrogen) atoms. The number of aliphatic hydroxyl groups is 1. The molecule has 0 aromatic heterocycles. The van der Waals surface area contributed by atoms with Gasteiger partial charge in [0.25, 0.3) is 0 Å². The highest BCUT2D eigenvalue weighted by Gasteiger charge is 2.33. The van der Waals surface area contributed by atoms with E-state index in [9.17, 15) is 9.90 Å². The zero-order chi connectivity index (χ0) is 18.6. The number of carbonyl (C=O) groups is 1. The minimum absolute atomic E-state index is 0.221. The van der Waals surface area contributed by atoms with Crippen LogP contribution in [0.15, 0.2) is 48.5 Å². The molecule has 2 aromatic carbocycles. The summed E-state index contributed by atoms with van der Waals surface area (Å²) in [6.07, 6.45) is 2.96.